The Hall–Kier alpha value is -5.98. The molecule has 9 aromatic carbocycles. The quantitative estimate of drug-likeness (QED) is 0.172. The Balaban J connectivity index is 1.13. The van der Waals surface area contributed by atoms with Crippen molar-refractivity contribution >= 4 is 43.1 Å². The Morgan fingerprint density at radius 3 is 1.53 bits per heavy atom. The van der Waals surface area contributed by atoms with Crippen molar-refractivity contribution in [1.29, 1.82) is 0 Å². The van der Waals surface area contributed by atoms with Crippen molar-refractivity contribution < 1.29 is 0 Å². The zero-order valence-corrected chi connectivity index (χ0v) is 27.7. The molecule has 0 bridgehead atoms. The van der Waals surface area contributed by atoms with E-state index in [9.17, 15) is 0 Å². The second-order valence-corrected chi connectivity index (χ2v) is 14.1. The van der Waals surface area contributed by atoms with Gasteiger partial charge in [-0.05, 0) is 117 Å². The van der Waals surface area contributed by atoms with E-state index in [1.807, 2.05) is 0 Å². The Bertz CT molecular complexity index is 2730. The largest absolute Gasteiger partial charge is 0.0619 e. The summed E-state index contributed by atoms with van der Waals surface area (Å²) in [4.78, 5) is 0. The van der Waals surface area contributed by atoms with E-state index < -0.39 is 0 Å². The highest BCUT2D eigenvalue weighted by molar-refractivity contribution is 6.23. The van der Waals surface area contributed by atoms with Crippen molar-refractivity contribution in [3.63, 3.8) is 0 Å². The van der Waals surface area contributed by atoms with Crippen molar-refractivity contribution in [2.45, 2.75) is 19.3 Å². The summed E-state index contributed by atoms with van der Waals surface area (Å²) in [6, 6.07) is 63.2. The monoisotopic (exact) mass is 622 g/mol. The topological polar surface area (TPSA) is 0 Å². The molecule has 1 aliphatic carbocycles. The molecule has 0 N–H and O–H groups in total. The predicted octanol–water partition coefficient (Wildman–Crippen LogP) is 13.6. The highest BCUT2D eigenvalue weighted by Crippen LogP contribution is 2.50. The van der Waals surface area contributed by atoms with E-state index >= 15 is 0 Å². The lowest BCUT2D eigenvalue weighted by atomic mass is 9.82. The third kappa shape index (κ3) is 4.17. The van der Waals surface area contributed by atoms with Crippen molar-refractivity contribution in [2.75, 3.05) is 0 Å². The van der Waals surface area contributed by atoms with Gasteiger partial charge in [0.2, 0.25) is 0 Å². The van der Waals surface area contributed by atoms with Gasteiger partial charge in [-0.1, -0.05) is 166 Å². The molecule has 0 saturated heterocycles. The van der Waals surface area contributed by atoms with Crippen LogP contribution in [0.15, 0.2) is 170 Å². The minimum Gasteiger partial charge on any atom is -0.0619 e. The molecule has 0 aromatic heterocycles. The molecule has 9 aromatic rings. The number of hydrogen-bond donors (Lipinski definition) is 0. The van der Waals surface area contributed by atoms with Gasteiger partial charge >= 0.3 is 0 Å². The van der Waals surface area contributed by atoms with Crippen LogP contribution >= 0.6 is 0 Å². The third-order valence-electron chi connectivity index (χ3n) is 11.0. The molecule has 0 spiro atoms. The zero-order chi connectivity index (χ0) is 32.7. The van der Waals surface area contributed by atoms with E-state index in [0.717, 1.165) is 0 Å². The van der Waals surface area contributed by atoms with Crippen LogP contribution in [0.3, 0.4) is 0 Å². The lowest BCUT2D eigenvalue weighted by Gasteiger charge is -2.21. The van der Waals surface area contributed by atoms with Gasteiger partial charge in [0.15, 0.2) is 0 Å². The van der Waals surface area contributed by atoms with Crippen LogP contribution < -0.4 is 0 Å². The summed E-state index contributed by atoms with van der Waals surface area (Å²) in [5.41, 5.74) is 13.2. The third-order valence-corrected chi connectivity index (χ3v) is 11.0. The maximum Gasteiger partial charge on any atom is 0.0158 e. The Morgan fingerprint density at radius 1 is 0.306 bits per heavy atom. The zero-order valence-electron chi connectivity index (χ0n) is 27.7. The molecule has 0 saturated carbocycles. The number of fused-ring (bicyclic) bond motifs is 7. The highest BCUT2D eigenvalue weighted by atomic mass is 14.4. The fourth-order valence-electron chi connectivity index (χ4n) is 8.65. The van der Waals surface area contributed by atoms with Crippen LogP contribution in [0.2, 0.25) is 0 Å². The van der Waals surface area contributed by atoms with Crippen LogP contribution in [-0.4, -0.2) is 0 Å². The Morgan fingerprint density at radius 2 is 0.796 bits per heavy atom. The molecule has 0 nitrogen and oxygen atoms in total. The molecule has 10 rings (SSSR count). The van der Waals surface area contributed by atoms with E-state index in [1.165, 1.54) is 98.7 Å². The average Bonchev–Trinajstić information content (AvgIpc) is 3.38. The summed E-state index contributed by atoms with van der Waals surface area (Å²) in [5.74, 6) is 0. The minimum absolute atomic E-state index is 0.0195. The van der Waals surface area contributed by atoms with Crippen LogP contribution in [0.4, 0.5) is 0 Å². The van der Waals surface area contributed by atoms with Crippen molar-refractivity contribution in [2.24, 2.45) is 0 Å². The predicted molar refractivity (Wildman–Crippen MR) is 210 cm³/mol. The van der Waals surface area contributed by atoms with Gasteiger partial charge in [0.05, 0.1) is 0 Å². The first kappa shape index (κ1) is 28.1. The molecular weight excluding hydrogens is 589 g/mol. The summed E-state index contributed by atoms with van der Waals surface area (Å²) in [6.07, 6.45) is 0. The first-order chi connectivity index (χ1) is 24.1. The summed E-state index contributed by atoms with van der Waals surface area (Å²) in [5, 5.41) is 10.2. The van der Waals surface area contributed by atoms with Crippen LogP contribution in [0.1, 0.15) is 25.0 Å². The summed E-state index contributed by atoms with van der Waals surface area (Å²) in [6.45, 7) is 4.68. The molecule has 0 radical (unpaired) electrons. The molecule has 49 heavy (non-hydrogen) atoms. The average molecular weight is 623 g/mol. The van der Waals surface area contributed by atoms with Crippen LogP contribution in [0, 0.1) is 0 Å². The minimum atomic E-state index is 0.0195. The summed E-state index contributed by atoms with van der Waals surface area (Å²) < 4.78 is 0. The van der Waals surface area contributed by atoms with E-state index in [-0.39, 0.29) is 5.41 Å². The first-order valence-electron chi connectivity index (χ1n) is 17.3. The molecule has 0 atom stereocenters. The van der Waals surface area contributed by atoms with Gasteiger partial charge in [0, 0.05) is 5.41 Å². The summed E-state index contributed by atoms with van der Waals surface area (Å²) in [7, 11) is 0. The van der Waals surface area contributed by atoms with Gasteiger partial charge in [-0.15, -0.1) is 0 Å². The van der Waals surface area contributed by atoms with Crippen molar-refractivity contribution in [3.05, 3.63) is 181 Å². The molecule has 0 amide bonds. The van der Waals surface area contributed by atoms with E-state index in [4.69, 9.17) is 0 Å². The number of benzene rings is 9. The molecule has 230 valence electrons. The van der Waals surface area contributed by atoms with Gasteiger partial charge in [-0.25, -0.2) is 0 Å². The first-order valence-corrected chi connectivity index (χ1v) is 17.3. The molecular formula is C49H34. The molecule has 1 aliphatic rings. The van der Waals surface area contributed by atoms with Crippen LogP contribution in [0.5, 0.6) is 0 Å². The standard InChI is InChI=1S/C49H34/c1-49(2)45-21-10-9-15-38(45)44-30-35(26-27-46(44)49)33-22-23-34-29-36(25-24-32(34)28-33)47-40-16-5-7-18-42(40)48(43-19-8-6-17-41(43)47)39-20-11-13-31-12-3-4-14-37(31)39/h3-30H,1-2H3. The molecule has 0 unspecified atom stereocenters. The van der Waals surface area contributed by atoms with E-state index in [0.29, 0.717) is 0 Å². The van der Waals surface area contributed by atoms with E-state index in [2.05, 4.69) is 184 Å². The maximum absolute atomic E-state index is 2.40. The lowest BCUT2D eigenvalue weighted by molar-refractivity contribution is 0.660. The number of rotatable bonds is 3. The van der Waals surface area contributed by atoms with Crippen molar-refractivity contribution in [3.8, 4) is 44.5 Å². The Labute approximate surface area is 286 Å². The van der Waals surface area contributed by atoms with Crippen LogP contribution in [-0.2, 0) is 5.41 Å². The van der Waals surface area contributed by atoms with Crippen molar-refractivity contribution in [1.82, 2.24) is 0 Å². The Kier molecular flexibility index (Phi) is 6.02. The number of hydrogen-bond acceptors (Lipinski definition) is 0. The second-order valence-electron chi connectivity index (χ2n) is 14.1. The fourth-order valence-corrected chi connectivity index (χ4v) is 8.65. The second kappa shape index (κ2) is 10.5. The van der Waals surface area contributed by atoms with Gasteiger partial charge in [0.25, 0.3) is 0 Å². The van der Waals surface area contributed by atoms with Gasteiger partial charge < -0.3 is 0 Å². The molecule has 0 heteroatoms. The van der Waals surface area contributed by atoms with Gasteiger partial charge in [-0.3, -0.25) is 0 Å². The van der Waals surface area contributed by atoms with Gasteiger partial charge in [-0.2, -0.15) is 0 Å². The SMILES string of the molecule is CC1(C)c2ccccc2-c2cc(-c3ccc4cc(-c5c6ccccc6c(-c6cccc7ccccc67)c6ccccc56)ccc4c3)ccc21. The van der Waals surface area contributed by atoms with E-state index in [1.54, 1.807) is 0 Å². The normalized spacial score (nSPS) is 13.3. The lowest BCUT2D eigenvalue weighted by Crippen LogP contribution is -2.14. The highest BCUT2D eigenvalue weighted by Gasteiger charge is 2.35. The summed E-state index contributed by atoms with van der Waals surface area (Å²) >= 11 is 0. The van der Waals surface area contributed by atoms with Crippen LogP contribution in [0.25, 0.3) is 87.6 Å². The maximum atomic E-state index is 2.40. The molecule has 0 fully saturated rings. The molecule has 0 heterocycles. The molecule has 0 aliphatic heterocycles. The van der Waals surface area contributed by atoms with Gasteiger partial charge in [0.1, 0.15) is 0 Å². The fraction of sp³-hybridized carbons (Fsp3) is 0.0612. The smallest absolute Gasteiger partial charge is 0.0158 e.